The highest BCUT2D eigenvalue weighted by molar-refractivity contribution is 6.23. The van der Waals surface area contributed by atoms with E-state index in [1.54, 1.807) is 0 Å². The zero-order valence-electron chi connectivity index (χ0n) is 38.8. The lowest BCUT2D eigenvalue weighted by Crippen LogP contribution is -2.18. The van der Waals surface area contributed by atoms with E-state index in [0.717, 1.165) is 48.4 Å². The zero-order chi connectivity index (χ0) is 46.1. The molecule has 0 amide bonds. The van der Waals surface area contributed by atoms with E-state index in [4.69, 9.17) is 0 Å². The molecule has 10 aromatic carbocycles. The summed E-state index contributed by atoms with van der Waals surface area (Å²) in [6.45, 7) is 0. The molecular formula is C68H48N2. The summed E-state index contributed by atoms with van der Waals surface area (Å²) in [4.78, 5) is 4.97. The Kier molecular flexibility index (Phi) is 9.52. The van der Waals surface area contributed by atoms with Crippen LogP contribution in [-0.2, 0) is 6.42 Å². The first-order valence-electron chi connectivity index (χ1n) is 24.8. The smallest absolute Gasteiger partial charge is 0.0534 e. The van der Waals surface area contributed by atoms with Crippen LogP contribution in [0.25, 0.3) is 90.0 Å². The zero-order valence-corrected chi connectivity index (χ0v) is 38.8. The molecule has 0 aromatic heterocycles. The molecule has 70 heavy (non-hydrogen) atoms. The van der Waals surface area contributed by atoms with Gasteiger partial charge in [0.1, 0.15) is 0 Å². The monoisotopic (exact) mass is 892 g/mol. The van der Waals surface area contributed by atoms with Crippen LogP contribution in [0.5, 0.6) is 0 Å². The second-order valence-electron chi connectivity index (χ2n) is 19.1. The van der Waals surface area contributed by atoms with Crippen LogP contribution >= 0.6 is 0 Å². The fourth-order valence-electron chi connectivity index (χ4n) is 11.7. The Balaban J connectivity index is 1.08. The van der Waals surface area contributed by atoms with Crippen molar-refractivity contribution < 1.29 is 0 Å². The Hall–Kier alpha value is -8.72. The number of rotatable bonds is 5. The molecule has 0 N–H and O–H groups in total. The van der Waals surface area contributed by atoms with Crippen molar-refractivity contribution in [3.63, 3.8) is 0 Å². The number of allylic oxidation sites excluding steroid dienone is 5. The first-order chi connectivity index (χ1) is 34.7. The van der Waals surface area contributed by atoms with E-state index in [0.29, 0.717) is 0 Å². The lowest BCUT2D eigenvalue weighted by Gasteiger charge is -2.30. The van der Waals surface area contributed by atoms with Crippen LogP contribution in [0.1, 0.15) is 47.1 Å². The van der Waals surface area contributed by atoms with Gasteiger partial charge in [-0.3, -0.25) is 0 Å². The molecule has 0 fully saturated rings. The van der Waals surface area contributed by atoms with Gasteiger partial charge in [-0.15, -0.1) is 0 Å². The van der Waals surface area contributed by atoms with E-state index in [9.17, 15) is 0 Å². The summed E-state index contributed by atoms with van der Waals surface area (Å²) in [6, 6.07) is 73.0. The number of hydrogen-bond acceptors (Lipinski definition) is 2. The van der Waals surface area contributed by atoms with Gasteiger partial charge in [0.15, 0.2) is 0 Å². The molecule has 0 spiro atoms. The molecule has 2 aliphatic heterocycles. The molecule has 2 heteroatoms. The number of benzene rings is 10. The molecule has 10 aromatic rings. The van der Waals surface area contributed by atoms with Gasteiger partial charge in [0.2, 0.25) is 0 Å². The fourth-order valence-corrected chi connectivity index (χ4v) is 11.7. The van der Waals surface area contributed by atoms with Gasteiger partial charge in [0, 0.05) is 17.1 Å². The van der Waals surface area contributed by atoms with Crippen LogP contribution in [0.3, 0.4) is 0 Å². The Labute approximate surface area is 409 Å². The summed E-state index contributed by atoms with van der Waals surface area (Å²) < 4.78 is 0. The highest BCUT2D eigenvalue weighted by Gasteiger charge is 2.27. The van der Waals surface area contributed by atoms with Crippen molar-refractivity contribution >= 4 is 85.1 Å². The minimum atomic E-state index is 1.02. The van der Waals surface area contributed by atoms with Crippen LogP contribution in [0.2, 0.25) is 0 Å². The van der Waals surface area contributed by atoms with Crippen LogP contribution < -0.4 is 9.80 Å². The second kappa shape index (κ2) is 16.5. The van der Waals surface area contributed by atoms with Gasteiger partial charge in [-0.2, -0.15) is 0 Å². The number of fused-ring (bicyclic) bond motifs is 7. The molecule has 0 bridgehead atoms. The van der Waals surface area contributed by atoms with Gasteiger partial charge in [-0.05, 0) is 185 Å². The summed E-state index contributed by atoms with van der Waals surface area (Å²) >= 11 is 0. The van der Waals surface area contributed by atoms with Gasteiger partial charge < -0.3 is 9.80 Å². The van der Waals surface area contributed by atoms with Crippen molar-refractivity contribution in [2.45, 2.75) is 25.7 Å². The maximum atomic E-state index is 2.51. The fraction of sp³-hybridized carbons (Fsp3) is 0.0588. The van der Waals surface area contributed by atoms with E-state index in [2.05, 4.69) is 253 Å². The lowest BCUT2D eigenvalue weighted by molar-refractivity contribution is 0.955. The summed E-state index contributed by atoms with van der Waals surface area (Å²) in [5, 5.41) is 7.41. The van der Waals surface area contributed by atoms with Crippen molar-refractivity contribution in [1.29, 1.82) is 0 Å². The van der Waals surface area contributed by atoms with Gasteiger partial charge in [0.25, 0.3) is 0 Å². The maximum absolute atomic E-state index is 2.51. The van der Waals surface area contributed by atoms with Crippen molar-refractivity contribution in [1.82, 2.24) is 0 Å². The number of anilines is 5. The number of hydrogen-bond donors (Lipinski definition) is 0. The number of aryl methyl sites for hydroxylation is 1. The van der Waals surface area contributed by atoms with Gasteiger partial charge in [0.05, 0.1) is 17.1 Å². The van der Waals surface area contributed by atoms with Crippen molar-refractivity contribution in [3.05, 3.63) is 258 Å². The summed E-state index contributed by atoms with van der Waals surface area (Å²) in [7, 11) is 0. The number of para-hydroxylation sites is 3. The van der Waals surface area contributed by atoms with Gasteiger partial charge in [-0.25, -0.2) is 0 Å². The standard InChI is InChI=1S/C68H48N2/c1-3-20-51-40-54(34-28-45(51)14-1)53-22-13-23-55(42-53)67-59-38-36-58(70-65-26-11-7-18-49(65)32-33-50-19-8-12-27-66(50)70)44-62(59)68(56-35-29-46-15-2-4-21-52(46)41-56)60-39-37-57(43-61(60)67)69-63-24-9-5-16-47(63)30-31-48-17-6-10-25-64(48)69/h1-3,5-7,9-18,20,22-44H,4,8,19,21H2. The quantitative estimate of drug-likeness (QED) is 0.159. The van der Waals surface area contributed by atoms with Crippen LogP contribution in [-0.4, -0.2) is 0 Å². The molecule has 2 heterocycles. The van der Waals surface area contributed by atoms with Crippen LogP contribution in [0.4, 0.5) is 28.4 Å². The van der Waals surface area contributed by atoms with Crippen LogP contribution in [0, 0.1) is 0 Å². The average Bonchev–Trinajstić information content (AvgIpc) is 3.70. The Morgan fingerprint density at radius 3 is 1.60 bits per heavy atom. The molecule has 0 saturated heterocycles. The molecule has 0 radical (unpaired) electrons. The van der Waals surface area contributed by atoms with Crippen molar-refractivity contribution in [2.75, 3.05) is 9.80 Å². The summed E-state index contributed by atoms with van der Waals surface area (Å²) in [6.07, 6.45) is 22.6. The maximum Gasteiger partial charge on any atom is 0.0534 e. The first kappa shape index (κ1) is 40.4. The van der Waals surface area contributed by atoms with Crippen molar-refractivity contribution in [2.24, 2.45) is 0 Å². The SMILES string of the molecule is C1=CC2=C(C=Cc3ccccc3N2c2ccc3c(-c4cccc(-c5ccc6ccccc6c5)c4)c4cc(N5c6ccccc6C=Cc6ccccc65)ccc4c(-c4ccc5c(c4)CCC=C5)c3c2)CC1. The molecule has 0 atom stereocenters. The Morgan fingerprint density at radius 1 is 0.314 bits per heavy atom. The predicted molar refractivity (Wildman–Crippen MR) is 299 cm³/mol. The highest BCUT2D eigenvalue weighted by atomic mass is 15.2. The molecule has 0 saturated carbocycles. The first-order valence-corrected chi connectivity index (χ1v) is 24.8. The molecule has 0 unspecified atom stereocenters. The second-order valence-corrected chi connectivity index (χ2v) is 19.1. The third kappa shape index (κ3) is 6.71. The molecule has 4 aliphatic rings. The largest absolute Gasteiger partial charge is 0.310 e. The van der Waals surface area contributed by atoms with Crippen LogP contribution in [0.15, 0.2) is 230 Å². The molecule has 330 valence electrons. The highest BCUT2D eigenvalue weighted by Crippen LogP contribution is 2.51. The van der Waals surface area contributed by atoms with E-state index in [1.165, 1.54) is 110 Å². The molecule has 14 rings (SSSR count). The lowest BCUT2D eigenvalue weighted by atomic mass is 9.83. The van der Waals surface area contributed by atoms with Gasteiger partial charge in [-0.1, -0.05) is 182 Å². The number of nitrogens with zero attached hydrogens (tertiary/aromatic N) is 2. The van der Waals surface area contributed by atoms with Gasteiger partial charge >= 0.3 is 0 Å². The van der Waals surface area contributed by atoms with E-state index < -0.39 is 0 Å². The molecule has 2 aliphatic carbocycles. The third-order valence-electron chi connectivity index (χ3n) is 15.0. The average molecular weight is 893 g/mol. The van der Waals surface area contributed by atoms with E-state index >= 15 is 0 Å². The summed E-state index contributed by atoms with van der Waals surface area (Å²) in [5.74, 6) is 0. The Morgan fingerprint density at radius 2 is 0.871 bits per heavy atom. The Bertz CT molecular complexity index is 3920. The molecular weight excluding hydrogens is 845 g/mol. The summed E-state index contributed by atoms with van der Waals surface area (Å²) in [5.41, 5.74) is 22.1. The predicted octanol–water partition coefficient (Wildman–Crippen LogP) is 18.8. The van der Waals surface area contributed by atoms with E-state index in [-0.39, 0.29) is 0 Å². The molecule has 2 nitrogen and oxygen atoms in total. The third-order valence-corrected chi connectivity index (χ3v) is 15.0. The normalized spacial score (nSPS) is 14.6. The van der Waals surface area contributed by atoms with Crippen molar-refractivity contribution in [3.8, 4) is 33.4 Å². The van der Waals surface area contributed by atoms with E-state index in [1.807, 2.05) is 0 Å². The minimum Gasteiger partial charge on any atom is -0.310 e. The topological polar surface area (TPSA) is 6.48 Å². The minimum absolute atomic E-state index is 1.02.